The van der Waals surface area contributed by atoms with Crippen LogP contribution in [0, 0.1) is 11.8 Å². The number of aryl methyl sites for hydroxylation is 1. The van der Waals surface area contributed by atoms with Crippen molar-refractivity contribution < 1.29 is 9.18 Å². The van der Waals surface area contributed by atoms with Crippen molar-refractivity contribution in [2.45, 2.75) is 38.4 Å². The molecule has 19 heavy (non-hydrogen) atoms. The Balaban J connectivity index is 1.55. The van der Waals surface area contributed by atoms with E-state index in [0.717, 1.165) is 12.8 Å². The molecule has 4 nitrogen and oxygen atoms in total. The molecule has 2 heterocycles. The minimum absolute atomic E-state index is 0.0265. The van der Waals surface area contributed by atoms with Crippen LogP contribution < -0.4 is 0 Å². The molecule has 3 rings (SSSR count). The second-order valence-corrected chi connectivity index (χ2v) is 5.89. The summed E-state index contributed by atoms with van der Waals surface area (Å²) in [4.78, 5) is 14.2. The fourth-order valence-electron chi connectivity index (χ4n) is 3.15. The fourth-order valence-corrected chi connectivity index (χ4v) is 3.15. The summed E-state index contributed by atoms with van der Waals surface area (Å²) in [5, 5.41) is 4.24. The molecular formula is C14H20FN3O. The van der Waals surface area contributed by atoms with Gasteiger partial charge in [0, 0.05) is 25.5 Å². The molecule has 1 saturated carbocycles. The first-order valence-electron chi connectivity index (χ1n) is 7.03. The Morgan fingerprint density at radius 2 is 2.37 bits per heavy atom. The number of halogens is 1. The third-order valence-electron chi connectivity index (χ3n) is 4.38. The van der Waals surface area contributed by atoms with E-state index >= 15 is 0 Å². The molecule has 1 aromatic heterocycles. The zero-order chi connectivity index (χ0) is 13.4. The lowest BCUT2D eigenvalue weighted by Crippen LogP contribution is -2.42. The normalized spacial score (nSPS) is 29.5. The van der Waals surface area contributed by atoms with Crippen molar-refractivity contribution in [3.63, 3.8) is 0 Å². The van der Waals surface area contributed by atoms with E-state index in [2.05, 4.69) is 5.10 Å². The zero-order valence-corrected chi connectivity index (χ0v) is 11.3. The largest absolute Gasteiger partial charge is 0.345 e. The molecule has 1 aromatic rings. The van der Waals surface area contributed by atoms with Crippen molar-refractivity contribution in [1.82, 2.24) is 14.7 Å². The van der Waals surface area contributed by atoms with Crippen LogP contribution in [0.2, 0.25) is 0 Å². The van der Waals surface area contributed by atoms with Crippen molar-refractivity contribution in [2.75, 3.05) is 13.6 Å². The van der Waals surface area contributed by atoms with Gasteiger partial charge in [-0.1, -0.05) is 0 Å². The van der Waals surface area contributed by atoms with Crippen molar-refractivity contribution in [2.24, 2.45) is 11.8 Å². The number of hydrogen-bond acceptors (Lipinski definition) is 2. The minimum Gasteiger partial charge on any atom is -0.345 e. The Morgan fingerprint density at radius 3 is 3.11 bits per heavy atom. The number of carbonyl (C=O) groups excluding carboxylic acids is 1. The van der Waals surface area contributed by atoms with Crippen LogP contribution in [0.3, 0.4) is 0 Å². The van der Waals surface area contributed by atoms with Gasteiger partial charge in [0.1, 0.15) is 6.17 Å². The van der Waals surface area contributed by atoms with Crippen LogP contribution in [-0.2, 0) is 17.8 Å². The minimum atomic E-state index is -0.644. The van der Waals surface area contributed by atoms with E-state index in [4.69, 9.17) is 0 Å². The second kappa shape index (κ2) is 4.94. The molecule has 2 aliphatic rings. The molecular weight excluding hydrogens is 245 g/mol. The molecule has 104 valence electrons. The molecule has 1 atom stereocenters. The van der Waals surface area contributed by atoms with Crippen LogP contribution >= 0.6 is 0 Å². The van der Waals surface area contributed by atoms with Crippen LogP contribution in [0.25, 0.3) is 0 Å². The highest BCUT2D eigenvalue weighted by Gasteiger charge is 2.33. The lowest BCUT2D eigenvalue weighted by Gasteiger charge is -2.35. The van der Waals surface area contributed by atoms with Gasteiger partial charge in [-0.05, 0) is 37.7 Å². The topological polar surface area (TPSA) is 38.1 Å². The van der Waals surface area contributed by atoms with Crippen LogP contribution in [-0.4, -0.2) is 40.4 Å². The van der Waals surface area contributed by atoms with Crippen LogP contribution in [0.4, 0.5) is 4.39 Å². The lowest BCUT2D eigenvalue weighted by molar-refractivity contribution is -0.136. The monoisotopic (exact) mass is 265 g/mol. The highest BCUT2D eigenvalue weighted by atomic mass is 19.1. The van der Waals surface area contributed by atoms with Crippen LogP contribution in [0.5, 0.6) is 0 Å². The van der Waals surface area contributed by atoms with E-state index in [9.17, 15) is 9.18 Å². The summed E-state index contributed by atoms with van der Waals surface area (Å²) in [5.41, 5.74) is 1.21. The van der Waals surface area contributed by atoms with Gasteiger partial charge < -0.3 is 4.90 Å². The predicted octanol–water partition coefficient (Wildman–Crippen LogP) is 1.65. The van der Waals surface area contributed by atoms with Gasteiger partial charge >= 0.3 is 0 Å². The fraction of sp³-hybridized carbons (Fsp3) is 0.714. The van der Waals surface area contributed by atoms with Gasteiger partial charge in [0.2, 0.25) is 5.91 Å². The first kappa shape index (κ1) is 12.6. The number of hydrogen-bond donors (Lipinski definition) is 0. The van der Waals surface area contributed by atoms with Gasteiger partial charge in [-0.25, -0.2) is 4.39 Å². The Morgan fingerprint density at radius 1 is 1.58 bits per heavy atom. The van der Waals surface area contributed by atoms with Crippen LogP contribution in [0.15, 0.2) is 12.3 Å². The van der Waals surface area contributed by atoms with E-state index in [1.165, 1.54) is 5.69 Å². The SMILES string of the molecule is CN(CC1CC(F)C1)C(=O)C1CCc2ccnn2C1. The standard InChI is InChI=1S/C14H20FN3O/c1-17(8-10-6-12(15)7-10)14(19)11-2-3-13-4-5-16-18(13)9-11/h4-5,10-12H,2-3,6-9H2,1H3. The number of amides is 1. The molecule has 0 N–H and O–H groups in total. The van der Waals surface area contributed by atoms with Gasteiger partial charge in [-0.15, -0.1) is 0 Å². The summed E-state index contributed by atoms with van der Waals surface area (Å²) in [6.07, 6.45) is 4.19. The molecule has 1 aliphatic carbocycles. The van der Waals surface area contributed by atoms with Crippen molar-refractivity contribution in [1.29, 1.82) is 0 Å². The van der Waals surface area contributed by atoms with Crippen molar-refractivity contribution in [3.05, 3.63) is 18.0 Å². The summed E-state index contributed by atoms with van der Waals surface area (Å²) in [5.74, 6) is 0.565. The summed E-state index contributed by atoms with van der Waals surface area (Å²) >= 11 is 0. The average molecular weight is 265 g/mol. The molecule has 0 spiro atoms. The second-order valence-electron chi connectivity index (χ2n) is 5.89. The Hall–Kier alpha value is -1.39. The zero-order valence-electron chi connectivity index (χ0n) is 11.3. The Bertz CT molecular complexity index is 467. The Kier molecular flexibility index (Phi) is 3.29. The molecule has 5 heteroatoms. The maximum Gasteiger partial charge on any atom is 0.227 e. The van der Waals surface area contributed by atoms with E-state index in [1.807, 2.05) is 17.8 Å². The molecule has 0 bridgehead atoms. The number of carbonyl (C=O) groups is 1. The van der Waals surface area contributed by atoms with Crippen LogP contribution in [0.1, 0.15) is 25.0 Å². The van der Waals surface area contributed by atoms with Gasteiger partial charge in [0.15, 0.2) is 0 Å². The number of alkyl halides is 1. The molecule has 0 radical (unpaired) electrons. The third kappa shape index (κ3) is 2.51. The smallest absolute Gasteiger partial charge is 0.227 e. The molecule has 1 fully saturated rings. The highest BCUT2D eigenvalue weighted by molar-refractivity contribution is 5.78. The first-order valence-corrected chi connectivity index (χ1v) is 7.03. The number of aromatic nitrogens is 2. The number of nitrogens with zero attached hydrogens (tertiary/aromatic N) is 3. The van der Waals surface area contributed by atoms with Crippen molar-refractivity contribution >= 4 is 5.91 Å². The maximum absolute atomic E-state index is 12.8. The molecule has 1 unspecified atom stereocenters. The molecule has 1 amide bonds. The van der Waals surface area contributed by atoms with Crippen molar-refractivity contribution in [3.8, 4) is 0 Å². The van der Waals surface area contributed by atoms with Gasteiger partial charge in [-0.3, -0.25) is 9.48 Å². The Labute approximate surface area is 112 Å². The van der Waals surface area contributed by atoms with E-state index < -0.39 is 6.17 Å². The maximum atomic E-state index is 12.8. The van der Waals surface area contributed by atoms with Gasteiger partial charge in [0.25, 0.3) is 0 Å². The van der Waals surface area contributed by atoms with E-state index in [1.54, 1.807) is 11.1 Å². The third-order valence-corrected chi connectivity index (χ3v) is 4.38. The summed E-state index contributed by atoms with van der Waals surface area (Å²) < 4.78 is 14.7. The van der Waals surface area contributed by atoms with E-state index in [-0.39, 0.29) is 11.8 Å². The summed E-state index contributed by atoms with van der Waals surface area (Å²) in [6.45, 7) is 1.38. The quantitative estimate of drug-likeness (QED) is 0.833. The van der Waals surface area contributed by atoms with Gasteiger partial charge in [-0.2, -0.15) is 5.10 Å². The molecule has 0 aromatic carbocycles. The molecule has 0 saturated heterocycles. The summed E-state index contributed by atoms with van der Waals surface area (Å²) in [6, 6.07) is 2.01. The average Bonchev–Trinajstić information content (AvgIpc) is 2.83. The highest BCUT2D eigenvalue weighted by Crippen LogP contribution is 2.31. The first-order chi connectivity index (χ1) is 9.13. The predicted molar refractivity (Wildman–Crippen MR) is 69.3 cm³/mol. The number of fused-ring (bicyclic) bond motifs is 1. The summed E-state index contributed by atoms with van der Waals surface area (Å²) in [7, 11) is 1.84. The van der Waals surface area contributed by atoms with Gasteiger partial charge in [0.05, 0.1) is 12.5 Å². The van der Waals surface area contributed by atoms with E-state index in [0.29, 0.717) is 31.8 Å². The number of rotatable bonds is 3. The molecule has 1 aliphatic heterocycles. The lowest BCUT2D eigenvalue weighted by atomic mass is 9.83.